The van der Waals surface area contributed by atoms with E-state index < -0.39 is 0 Å². The lowest BCUT2D eigenvalue weighted by Crippen LogP contribution is -1.95. The minimum absolute atomic E-state index is 0.591. The SMILES string of the molecule is c1ccc(-c2nc(-c3ccc4c(c3)c3ccccc3n4-c3ccc4c5cccc6c7ccccc7n(c4c3)c65)nc3oc4ccccc4c23)cc1. The van der Waals surface area contributed by atoms with Crippen molar-refractivity contribution >= 4 is 82.0 Å². The first kappa shape index (κ1) is 26.9. The summed E-state index contributed by atoms with van der Waals surface area (Å²) >= 11 is 0. The van der Waals surface area contributed by atoms with Crippen LogP contribution in [0.15, 0.2) is 162 Å². The minimum Gasteiger partial charge on any atom is -0.438 e. The molecule has 236 valence electrons. The van der Waals surface area contributed by atoms with E-state index in [0.29, 0.717) is 11.5 Å². The molecule has 0 radical (unpaired) electrons. The molecule has 12 rings (SSSR count). The zero-order valence-corrected chi connectivity index (χ0v) is 27.2. The Morgan fingerprint density at radius 3 is 1.94 bits per heavy atom. The van der Waals surface area contributed by atoms with Gasteiger partial charge in [-0.3, -0.25) is 0 Å². The molecule has 0 spiro atoms. The van der Waals surface area contributed by atoms with Gasteiger partial charge in [-0.25, -0.2) is 4.98 Å². The van der Waals surface area contributed by atoms with Gasteiger partial charge < -0.3 is 13.4 Å². The number of hydrogen-bond acceptors (Lipinski definition) is 3. The Hall–Kier alpha value is -6.98. The Balaban J connectivity index is 1.10. The third kappa shape index (κ3) is 3.59. The van der Waals surface area contributed by atoms with Crippen molar-refractivity contribution in [3.05, 3.63) is 158 Å². The highest BCUT2D eigenvalue weighted by atomic mass is 16.3. The van der Waals surface area contributed by atoms with Gasteiger partial charge >= 0.3 is 0 Å². The highest BCUT2D eigenvalue weighted by Gasteiger charge is 2.21. The molecular weight excluding hydrogens is 625 g/mol. The van der Waals surface area contributed by atoms with E-state index in [9.17, 15) is 0 Å². The van der Waals surface area contributed by atoms with Gasteiger partial charge in [-0.05, 0) is 48.5 Å². The summed E-state index contributed by atoms with van der Waals surface area (Å²) in [5.74, 6) is 0.637. The molecule has 0 saturated heterocycles. The molecule has 0 unspecified atom stereocenters. The summed E-state index contributed by atoms with van der Waals surface area (Å²) in [5, 5.41) is 9.41. The molecule has 12 aromatic rings. The Kier molecular flexibility index (Phi) is 5.17. The van der Waals surface area contributed by atoms with Crippen LogP contribution in [-0.2, 0) is 0 Å². The molecule has 0 N–H and O–H groups in total. The van der Waals surface area contributed by atoms with Crippen LogP contribution in [0, 0.1) is 0 Å². The lowest BCUT2D eigenvalue weighted by Gasteiger charge is -2.10. The number of rotatable bonds is 3. The third-order valence-electron chi connectivity index (χ3n) is 10.7. The van der Waals surface area contributed by atoms with Crippen molar-refractivity contribution < 1.29 is 4.42 Å². The molecule has 5 heteroatoms. The van der Waals surface area contributed by atoms with Gasteiger partial charge in [0.25, 0.3) is 0 Å². The van der Waals surface area contributed by atoms with E-state index >= 15 is 0 Å². The molecule has 0 amide bonds. The van der Waals surface area contributed by atoms with Crippen molar-refractivity contribution in [3.63, 3.8) is 0 Å². The van der Waals surface area contributed by atoms with Crippen LogP contribution >= 0.6 is 0 Å². The second-order valence-corrected chi connectivity index (χ2v) is 13.4. The van der Waals surface area contributed by atoms with Crippen LogP contribution in [0.5, 0.6) is 0 Å². The molecule has 0 fully saturated rings. The third-order valence-corrected chi connectivity index (χ3v) is 10.7. The highest BCUT2D eigenvalue weighted by molar-refractivity contribution is 6.23. The van der Waals surface area contributed by atoms with Crippen molar-refractivity contribution in [1.29, 1.82) is 0 Å². The second-order valence-electron chi connectivity index (χ2n) is 13.4. The smallest absolute Gasteiger partial charge is 0.231 e. The van der Waals surface area contributed by atoms with Gasteiger partial charge in [-0.1, -0.05) is 109 Å². The summed E-state index contributed by atoms with van der Waals surface area (Å²) in [7, 11) is 0. The number of aromatic nitrogens is 4. The maximum absolute atomic E-state index is 6.34. The Morgan fingerprint density at radius 2 is 1.10 bits per heavy atom. The summed E-state index contributed by atoms with van der Waals surface area (Å²) < 4.78 is 11.2. The molecule has 0 aliphatic rings. The summed E-state index contributed by atoms with van der Waals surface area (Å²) in [4.78, 5) is 10.3. The zero-order valence-electron chi connectivity index (χ0n) is 27.2. The first-order valence-electron chi connectivity index (χ1n) is 17.3. The summed E-state index contributed by atoms with van der Waals surface area (Å²) in [6.45, 7) is 0. The van der Waals surface area contributed by atoms with Gasteiger partial charge in [0.15, 0.2) is 5.82 Å². The number of nitrogens with zero attached hydrogens (tertiary/aromatic N) is 4. The van der Waals surface area contributed by atoms with E-state index in [-0.39, 0.29) is 0 Å². The fraction of sp³-hybridized carbons (Fsp3) is 0. The second kappa shape index (κ2) is 9.80. The molecule has 5 aromatic heterocycles. The van der Waals surface area contributed by atoms with Crippen molar-refractivity contribution in [2.75, 3.05) is 0 Å². The normalized spacial score (nSPS) is 12.3. The monoisotopic (exact) mass is 650 g/mol. The maximum Gasteiger partial charge on any atom is 0.231 e. The molecule has 51 heavy (non-hydrogen) atoms. The molecule has 0 saturated carbocycles. The van der Waals surface area contributed by atoms with E-state index in [1.807, 2.05) is 36.4 Å². The number of hydrogen-bond donors (Lipinski definition) is 0. The molecule has 0 aliphatic carbocycles. The Morgan fingerprint density at radius 1 is 0.431 bits per heavy atom. The van der Waals surface area contributed by atoms with Gasteiger partial charge in [0.05, 0.1) is 38.7 Å². The predicted octanol–water partition coefficient (Wildman–Crippen LogP) is 12.0. The average Bonchev–Trinajstić information content (AvgIpc) is 3.93. The van der Waals surface area contributed by atoms with E-state index in [4.69, 9.17) is 14.4 Å². The highest BCUT2D eigenvalue weighted by Crippen LogP contribution is 2.42. The van der Waals surface area contributed by atoms with Gasteiger partial charge in [0.2, 0.25) is 5.71 Å². The Bertz CT molecular complexity index is 3370. The lowest BCUT2D eigenvalue weighted by atomic mass is 10.0. The average molecular weight is 651 g/mol. The minimum atomic E-state index is 0.591. The van der Waals surface area contributed by atoms with Gasteiger partial charge in [-0.15, -0.1) is 0 Å². The van der Waals surface area contributed by atoms with E-state index in [2.05, 4.69) is 130 Å². The lowest BCUT2D eigenvalue weighted by molar-refractivity contribution is 0.653. The fourth-order valence-corrected chi connectivity index (χ4v) is 8.51. The first-order chi connectivity index (χ1) is 25.3. The van der Waals surface area contributed by atoms with Crippen LogP contribution in [0.2, 0.25) is 0 Å². The largest absolute Gasteiger partial charge is 0.438 e. The van der Waals surface area contributed by atoms with Crippen LogP contribution < -0.4 is 0 Å². The predicted molar refractivity (Wildman–Crippen MR) is 209 cm³/mol. The number of fused-ring (bicyclic) bond motifs is 12. The summed E-state index contributed by atoms with van der Waals surface area (Å²) in [6, 6.07) is 56.0. The van der Waals surface area contributed by atoms with E-state index in [0.717, 1.165) is 55.3 Å². The van der Waals surface area contributed by atoms with E-state index in [1.165, 1.54) is 43.5 Å². The van der Waals surface area contributed by atoms with E-state index in [1.54, 1.807) is 0 Å². The van der Waals surface area contributed by atoms with Crippen molar-refractivity contribution in [2.45, 2.75) is 0 Å². The fourth-order valence-electron chi connectivity index (χ4n) is 8.51. The molecular formula is C46H26N4O. The van der Waals surface area contributed by atoms with Crippen molar-refractivity contribution in [1.82, 2.24) is 18.9 Å². The molecule has 0 bridgehead atoms. The van der Waals surface area contributed by atoms with Crippen LogP contribution in [0.1, 0.15) is 0 Å². The maximum atomic E-state index is 6.34. The van der Waals surface area contributed by atoms with Crippen LogP contribution in [0.4, 0.5) is 0 Å². The number of furan rings is 1. The topological polar surface area (TPSA) is 48.3 Å². The van der Waals surface area contributed by atoms with Gasteiger partial charge in [-0.2, -0.15) is 4.98 Å². The summed E-state index contributed by atoms with van der Waals surface area (Å²) in [6.07, 6.45) is 0. The summed E-state index contributed by atoms with van der Waals surface area (Å²) in [5.41, 5.74) is 11.4. The van der Waals surface area contributed by atoms with Crippen LogP contribution in [0.25, 0.3) is 110 Å². The molecule has 0 atom stereocenters. The quantitative estimate of drug-likeness (QED) is 0.191. The standard InChI is InChI=1S/C46H26N4O/c1-2-11-27(12-3-1)43-42-35-15-6-9-20-41(35)51-46(42)48-45(47-43)28-21-24-39-36(25-28)31-14-5-7-18-37(31)49(39)29-22-23-32-34-17-10-16-33-30-13-4-8-19-38(30)50(44(33)34)40(32)26-29/h1-26H. The zero-order chi connectivity index (χ0) is 33.2. The first-order valence-corrected chi connectivity index (χ1v) is 17.3. The van der Waals surface area contributed by atoms with Crippen LogP contribution in [-0.4, -0.2) is 18.9 Å². The number of para-hydroxylation sites is 4. The van der Waals surface area contributed by atoms with Gasteiger partial charge in [0, 0.05) is 54.5 Å². The molecule has 5 nitrogen and oxygen atoms in total. The van der Waals surface area contributed by atoms with Gasteiger partial charge in [0.1, 0.15) is 5.58 Å². The van der Waals surface area contributed by atoms with Crippen molar-refractivity contribution in [2.24, 2.45) is 0 Å². The van der Waals surface area contributed by atoms with Crippen molar-refractivity contribution in [3.8, 4) is 28.3 Å². The van der Waals surface area contributed by atoms with Crippen LogP contribution in [0.3, 0.4) is 0 Å². The molecule has 0 aliphatic heterocycles. The number of benzene rings is 7. The molecule has 7 aromatic carbocycles. The Labute approximate surface area is 290 Å². The molecule has 5 heterocycles.